The van der Waals surface area contributed by atoms with Crippen molar-refractivity contribution in [3.63, 3.8) is 0 Å². The molecule has 28 heavy (non-hydrogen) atoms. The number of fused-ring (bicyclic) bond motifs is 1. The Hall–Kier alpha value is -3.67. The first-order chi connectivity index (χ1) is 13.8. The second-order valence-electron chi connectivity index (χ2n) is 7.01. The Bertz CT molecular complexity index is 1150. The molecule has 1 fully saturated rings. The molecule has 6 heteroatoms. The molecule has 1 aliphatic rings. The van der Waals surface area contributed by atoms with Gasteiger partial charge in [0.05, 0.1) is 17.6 Å². The number of carbonyl (C=O) groups excluding carboxylic acids is 1. The van der Waals surface area contributed by atoms with Crippen LogP contribution >= 0.6 is 0 Å². The van der Waals surface area contributed by atoms with Crippen molar-refractivity contribution in [1.29, 1.82) is 0 Å². The van der Waals surface area contributed by atoms with Crippen molar-refractivity contribution in [1.82, 2.24) is 15.0 Å². The maximum absolute atomic E-state index is 12.3. The van der Waals surface area contributed by atoms with Gasteiger partial charge in [-0.2, -0.15) is 0 Å². The molecule has 3 N–H and O–H groups in total. The largest absolute Gasteiger partial charge is 0.360 e. The lowest BCUT2D eigenvalue weighted by Gasteiger charge is -2.08. The van der Waals surface area contributed by atoms with Gasteiger partial charge in [0.25, 0.3) is 0 Å². The van der Waals surface area contributed by atoms with Crippen LogP contribution in [0.25, 0.3) is 22.2 Å². The van der Waals surface area contributed by atoms with Crippen molar-refractivity contribution in [3.05, 3.63) is 72.8 Å². The number of nitrogens with one attached hydrogen (secondary N) is 3. The molecule has 6 nitrogen and oxygen atoms in total. The fourth-order valence-electron chi connectivity index (χ4n) is 3.31. The zero-order valence-corrected chi connectivity index (χ0v) is 15.1. The summed E-state index contributed by atoms with van der Waals surface area (Å²) in [5.41, 5.74) is 5.34. The molecule has 0 aliphatic heterocycles. The van der Waals surface area contributed by atoms with Crippen LogP contribution in [0.5, 0.6) is 0 Å². The molecule has 0 unspecified atom stereocenters. The van der Waals surface area contributed by atoms with E-state index < -0.39 is 0 Å². The lowest BCUT2D eigenvalue weighted by Crippen LogP contribution is -2.19. The van der Waals surface area contributed by atoms with Crippen LogP contribution in [0.2, 0.25) is 0 Å². The molecule has 0 radical (unpaired) electrons. The molecular weight excluding hydrogens is 350 g/mol. The molecule has 0 bridgehead atoms. The van der Waals surface area contributed by atoms with E-state index in [0.29, 0.717) is 11.6 Å². The molecule has 0 atom stereocenters. The van der Waals surface area contributed by atoms with Gasteiger partial charge in [0, 0.05) is 46.2 Å². The minimum Gasteiger partial charge on any atom is -0.360 e. The highest BCUT2D eigenvalue weighted by Crippen LogP contribution is 2.39. The first kappa shape index (κ1) is 16.5. The zero-order chi connectivity index (χ0) is 18.9. The standard InChI is InChI=1S/C22H19N5O/c28-22(25-15-4-2-1-3-5-15)26-16-8-9-19-17(10-16)18(11-24-19)21-13-23-12-20(27-21)14-6-7-14/h1-5,8-14,24H,6-7H2,(H2,25,26,28). The molecular formula is C22H19N5O. The van der Waals surface area contributed by atoms with Crippen LogP contribution in [0.15, 0.2) is 67.1 Å². The van der Waals surface area contributed by atoms with Crippen LogP contribution < -0.4 is 10.6 Å². The number of hydrogen-bond acceptors (Lipinski definition) is 3. The molecule has 4 aromatic rings. The Morgan fingerprint density at radius 2 is 1.82 bits per heavy atom. The summed E-state index contributed by atoms with van der Waals surface area (Å²) in [6.45, 7) is 0. The Morgan fingerprint density at radius 1 is 1.00 bits per heavy atom. The van der Waals surface area contributed by atoms with E-state index in [1.807, 2.05) is 60.9 Å². The van der Waals surface area contributed by atoms with Gasteiger partial charge in [-0.3, -0.25) is 4.98 Å². The van der Waals surface area contributed by atoms with Crippen molar-refractivity contribution >= 4 is 28.3 Å². The molecule has 138 valence electrons. The lowest BCUT2D eigenvalue weighted by atomic mass is 10.1. The van der Waals surface area contributed by atoms with E-state index in [-0.39, 0.29) is 6.03 Å². The molecule has 2 amide bonds. The maximum atomic E-state index is 12.3. The smallest absolute Gasteiger partial charge is 0.323 e. The van der Waals surface area contributed by atoms with Crippen molar-refractivity contribution in [3.8, 4) is 11.3 Å². The van der Waals surface area contributed by atoms with E-state index in [0.717, 1.165) is 33.5 Å². The number of anilines is 2. The minimum absolute atomic E-state index is 0.279. The van der Waals surface area contributed by atoms with Gasteiger partial charge >= 0.3 is 6.03 Å². The number of urea groups is 1. The Labute approximate surface area is 162 Å². The Morgan fingerprint density at radius 3 is 2.64 bits per heavy atom. The fraction of sp³-hybridized carbons (Fsp3) is 0.136. The highest BCUT2D eigenvalue weighted by Gasteiger charge is 2.25. The molecule has 0 saturated heterocycles. The SMILES string of the molecule is O=C(Nc1ccccc1)Nc1ccc2[nH]cc(-c3cncc(C4CC4)n3)c2c1. The quantitative estimate of drug-likeness (QED) is 0.465. The molecule has 2 aromatic heterocycles. The third kappa shape index (κ3) is 3.32. The van der Waals surface area contributed by atoms with Crippen LogP contribution in [0.3, 0.4) is 0 Å². The summed E-state index contributed by atoms with van der Waals surface area (Å²) in [5, 5.41) is 6.72. The third-order valence-corrected chi connectivity index (χ3v) is 4.90. The monoisotopic (exact) mass is 369 g/mol. The Kier molecular flexibility index (Phi) is 4.01. The third-order valence-electron chi connectivity index (χ3n) is 4.90. The molecule has 2 aromatic carbocycles. The van der Waals surface area contributed by atoms with E-state index in [9.17, 15) is 4.79 Å². The second kappa shape index (κ2) is 6.81. The number of benzene rings is 2. The predicted molar refractivity (Wildman–Crippen MR) is 110 cm³/mol. The molecule has 2 heterocycles. The number of nitrogens with zero attached hydrogens (tertiary/aromatic N) is 2. The summed E-state index contributed by atoms with van der Waals surface area (Å²) in [4.78, 5) is 24.7. The van der Waals surface area contributed by atoms with Crippen LogP contribution in [-0.2, 0) is 0 Å². The van der Waals surface area contributed by atoms with Gasteiger partial charge in [-0.25, -0.2) is 9.78 Å². The van der Waals surface area contributed by atoms with E-state index in [2.05, 4.69) is 20.6 Å². The van der Waals surface area contributed by atoms with Crippen molar-refractivity contribution < 1.29 is 4.79 Å². The number of carbonyl (C=O) groups is 1. The van der Waals surface area contributed by atoms with Gasteiger partial charge < -0.3 is 15.6 Å². The highest BCUT2D eigenvalue weighted by atomic mass is 16.2. The number of amides is 2. The van der Waals surface area contributed by atoms with Gasteiger partial charge in [-0.15, -0.1) is 0 Å². The summed E-state index contributed by atoms with van der Waals surface area (Å²) in [5.74, 6) is 0.552. The normalized spacial score (nSPS) is 13.4. The van der Waals surface area contributed by atoms with Crippen molar-refractivity contribution in [2.45, 2.75) is 18.8 Å². The lowest BCUT2D eigenvalue weighted by molar-refractivity contribution is 0.262. The van der Waals surface area contributed by atoms with Gasteiger partial charge in [-0.05, 0) is 43.2 Å². The first-order valence-electron chi connectivity index (χ1n) is 9.33. The zero-order valence-electron chi connectivity index (χ0n) is 15.1. The van der Waals surface area contributed by atoms with E-state index in [1.54, 1.807) is 6.20 Å². The summed E-state index contributed by atoms with van der Waals surface area (Å²) < 4.78 is 0. The van der Waals surface area contributed by atoms with Gasteiger partial charge in [-0.1, -0.05) is 18.2 Å². The summed E-state index contributed by atoms with van der Waals surface area (Å²) in [6.07, 6.45) is 7.97. The topological polar surface area (TPSA) is 82.7 Å². The molecule has 5 rings (SSSR count). The Balaban J connectivity index is 1.42. The minimum atomic E-state index is -0.279. The van der Waals surface area contributed by atoms with Crippen LogP contribution in [-0.4, -0.2) is 21.0 Å². The number of aromatic nitrogens is 3. The van der Waals surface area contributed by atoms with E-state index in [4.69, 9.17) is 4.98 Å². The number of para-hydroxylation sites is 1. The van der Waals surface area contributed by atoms with E-state index in [1.165, 1.54) is 12.8 Å². The van der Waals surface area contributed by atoms with Crippen LogP contribution in [0, 0.1) is 0 Å². The summed E-state index contributed by atoms with van der Waals surface area (Å²) in [6, 6.07) is 14.9. The maximum Gasteiger partial charge on any atom is 0.323 e. The fourth-order valence-corrected chi connectivity index (χ4v) is 3.31. The van der Waals surface area contributed by atoms with E-state index >= 15 is 0 Å². The number of aromatic amines is 1. The first-order valence-corrected chi connectivity index (χ1v) is 9.33. The highest BCUT2D eigenvalue weighted by molar-refractivity contribution is 6.02. The number of hydrogen-bond donors (Lipinski definition) is 3. The number of H-pyrrole nitrogens is 1. The average Bonchev–Trinajstić information content (AvgIpc) is 3.49. The van der Waals surface area contributed by atoms with Gasteiger partial charge in [0.1, 0.15) is 0 Å². The van der Waals surface area contributed by atoms with Crippen molar-refractivity contribution in [2.24, 2.45) is 0 Å². The van der Waals surface area contributed by atoms with Gasteiger partial charge in [0.15, 0.2) is 0 Å². The second-order valence-corrected chi connectivity index (χ2v) is 7.01. The van der Waals surface area contributed by atoms with Gasteiger partial charge in [0.2, 0.25) is 0 Å². The number of rotatable bonds is 4. The molecule has 0 spiro atoms. The molecule has 1 saturated carbocycles. The van der Waals surface area contributed by atoms with Crippen LogP contribution in [0.1, 0.15) is 24.5 Å². The van der Waals surface area contributed by atoms with Crippen molar-refractivity contribution in [2.75, 3.05) is 10.6 Å². The summed E-state index contributed by atoms with van der Waals surface area (Å²) >= 11 is 0. The average molecular weight is 369 g/mol. The predicted octanol–water partition coefficient (Wildman–Crippen LogP) is 5.15. The van der Waals surface area contributed by atoms with Crippen LogP contribution in [0.4, 0.5) is 16.2 Å². The molecule has 1 aliphatic carbocycles. The summed E-state index contributed by atoms with van der Waals surface area (Å²) in [7, 11) is 0.